The van der Waals surface area contributed by atoms with E-state index in [0.717, 1.165) is 32.7 Å². The van der Waals surface area contributed by atoms with Crippen molar-refractivity contribution in [3.63, 3.8) is 0 Å². The van der Waals surface area contributed by atoms with Gasteiger partial charge in [0.2, 0.25) is 0 Å². The Balaban J connectivity index is 1.67. The second-order valence-corrected chi connectivity index (χ2v) is 6.91. The summed E-state index contributed by atoms with van der Waals surface area (Å²) in [6.07, 6.45) is 6.53. The topological polar surface area (TPSA) is 52.8 Å². The maximum absolute atomic E-state index is 5.96. The van der Waals surface area contributed by atoms with Crippen molar-refractivity contribution in [2.24, 2.45) is 5.41 Å². The zero-order chi connectivity index (χ0) is 16.4. The van der Waals surface area contributed by atoms with Crippen LogP contribution in [0.15, 0.2) is 0 Å². The lowest BCUT2D eigenvalue weighted by Crippen LogP contribution is -2.37. The quantitative estimate of drug-likeness (QED) is 0.322. The van der Waals surface area contributed by atoms with Gasteiger partial charge in [0, 0.05) is 12.0 Å². The predicted molar refractivity (Wildman–Crippen MR) is 88.8 cm³/mol. The van der Waals surface area contributed by atoms with Crippen LogP contribution in [0.4, 0.5) is 0 Å². The summed E-state index contributed by atoms with van der Waals surface area (Å²) in [4.78, 5) is 0. The second-order valence-electron chi connectivity index (χ2n) is 6.91. The molecule has 136 valence electrons. The Bertz CT molecular complexity index is 284. The number of hydrogen-bond donors (Lipinski definition) is 0. The lowest BCUT2D eigenvalue weighted by molar-refractivity contribution is -0.0751. The van der Waals surface area contributed by atoms with E-state index in [0.29, 0.717) is 45.2 Å². The van der Waals surface area contributed by atoms with Crippen molar-refractivity contribution in [3.05, 3.63) is 0 Å². The van der Waals surface area contributed by atoms with Crippen molar-refractivity contribution in [2.75, 3.05) is 52.9 Å². The molecule has 0 bridgehead atoms. The van der Waals surface area contributed by atoms with E-state index in [2.05, 4.69) is 13.8 Å². The molecule has 2 atom stereocenters. The fourth-order valence-electron chi connectivity index (χ4n) is 2.49. The Morgan fingerprint density at radius 1 is 0.826 bits per heavy atom. The molecule has 5 nitrogen and oxygen atoms in total. The highest BCUT2D eigenvalue weighted by Crippen LogP contribution is 2.26. The Morgan fingerprint density at radius 3 is 1.87 bits per heavy atom. The van der Waals surface area contributed by atoms with Crippen LogP contribution < -0.4 is 0 Å². The van der Waals surface area contributed by atoms with Crippen molar-refractivity contribution in [1.82, 2.24) is 0 Å². The standard InChI is InChI=1S/C18H34O5/c1-3-5-6-7-8-19-13-18(4-2,14-20-9-16-11-22-16)15-21-10-17-12-23-17/h16-17H,3-15H2,1-2H3. The van der Waals surface area contributed by atoms with Crippen molar-refractivity contribution in [3.8, 4) is 0 Å². The largest absolute Gasteiger partial charge is 0.381 e. The zero-order valence-electron chi connectivity index (χ0n) is 14.9. The van der Waals surface area contributed by atoms with Crippen LogP contribution in [0.25, 0.3) is 0 Å². The molecule has 2 aliphatic rings. The highest BCUT2D eigenvalue weighted by Gasteiger charge is 2.33. The van der Waals surface area contributed by atoms with Crippen LogP contribution in [0.1, 0.15) is 46.0 Å². The third-order valence-corrected chi connectivity index (χ3v) is 4.53. The van der Waals surface area contributed by atoms with E-state index < -0.39 is 0 Å². The molecular formula is C18H34O5. The molecule has 2 saturated heterocycles. The summed E-state index contributed by atoms with van der Waals surface area (Å²) < 4.78 is 28.1. The first-order valence-electron chi connectivity index (χ1n) is 9.24. The number of unbranched alkanes of at least 4 members (excludes halogenated alkanes) is 3. The Hall–Kier alpha value is -0.200. The average Bonchev–Trinajstić information content (AvgIpc) is 3.44. The summed E-state index contributed by atoms with van der Waals surface area (Å²) in [5, 5.41) is 0. The van der Waals surface area contributed by atoms with Gasteiger partial charge in [-0.3, -0.25) is 0 Å². The Kier molecular flexibility index (Phi) is 8.83. The van der Waals surface area contributed by atoms with Gasteiger partial charge in [-0.05, 0) is 12.8 Å². The number of rotatable bonds is 16. The molecule has 2 aliphatic heterocycles. The highest BCUT2D eigenvalue weighted by molar-refractivity contribution is 4.79. The zero-order valence-corrected chi connectivity index (χ0v) is 14.9. The molecule has 0 aromatic rings. The lowest BCUT2D eigenvalue weighted by atomic mass is 9.88. The molecule has 0 radical (unpaired) electrons. The van der Waals surface area contributed by atoms with Crippen LogP contribution in [0, 0.1) is 5.41 Å². The van der Waals surface area contributed by atoms with Crippen LogP contribution >= 0.6 is 0 Å². The van der Waals surface area contributed by atoms with Crippen molar-refractivity contribution < 1.29 is 23.7 Å². The number of hydrogen-bond acceptors (Lipinski definition) is 5. The normalized spacial score (nSPS) is 25.3. The molecule has 2 rings (SSSR count). The third kappa shape index (κ3) is 8.45. The van der Waals surface area contributed by atoms with Gasteiger partial charge < -0.3 is 23.7 Å². The minimum Gasteiger partial charge on any atom is -0.381 e. The molecule has 0 saturated carbocycles. The van der Waals surface area contributed by atoms with Crippen LogP contribution in [0.5, 0.6) is 0 Å². The summed E-state index contributed by atoms with van der Waals surface area (Å²) in [7, 11) is 0. The van der Waals surface area contributed by atoms with Gasteiger partial charge >= 0.3 is 0 Å². The SMILES string of the molecule is CCCCCCOCC(CC)(COCC1CO1)COCC1CO1. The van der Waals surface area contributed by atoms with E-state index >= 15 is 0 Å². The minimum absolute atomic E-state index is 0.0610. The van der Waals surface area contributed by atoms with Crippen LogP contribution in [-0.4, -0.2) is 65.1 Å². The van der Waals surface area contributed by atoms with E-state index in [-0.39, 0.29) is 5.41 Å². The molecule has 2 unspecified atom stereocenters. The summed E-state index contributed by atoms with van der Waals surface area (Å²) in [5.41, 5.74) is -0.0610. The van der Waals surface area contributed by atoms with Crippen molar-refractivity contribution >= 4 is 0 Å². The van der Waals surface area contributed by atoms with Crippen LogP contribution in [0.3, 0.4) is 0 Å². The molecule has 2 heterocycles. The molecule has 5 heteroatoms. The van der Waals surface area contributed by atoms with Gasteiger partial charge in [0.15, 0.2) is 0 Å². The molecule has 0 N–H and O–H groups in total. The second kappa shape index (κ2) is 10.6. The number of ether oxygens (including phenoxy) is 5. The first kappa shape index (κ1) is 19.1. The summed E-state index contributed by atoms with van der Waals surface area (Å²) in [5.74, 6) is 0. The maximum Gasteiger partial charge on any atom is 0.104 e. The Labute approximate surface area is 140 Å². The monoisotopic (exact) mass is 330 g/mol. The molecular weight excluding hydrogens is 296 g/mol. The van der Waals surface area contributed by atoms with E-state index in [1.54, 1.807) is 0 Å². The lowest BCUT2D eigenvalue weighted by Gasteiger charge is -2.32. The molecule has 0 spiro atoms. The third-order valence-electron chi connectivity index (χ3n) is 4.53. The first-order valence-corrected chi connectivity index (χ1v) is 9.24. The van der Waals surface area contributed by atoms with Gasteiger partial charge in [-0.25, -0.2) is 0 Å². The predicted octanol–water partition coefficient (Wildman–Crippen LogP) is 2.81. The van der Waals surface area contributed by atoms with E-state index in [1.807, 2.05) is 0 Å². The summed E-state index contributed by atoms with van der Waals surface area (Å²) >= 11 is 0. The summed E-state index contributed by atoms with van der Waals surface area (Å²) in [6, 6.07) is 0. The van der Waals surface area contributed by atoms with Crippen LogP contribution in [0.2, 0.25) is 0 Å². The highest BCUT2D eigenvalue weighted by atomic mass is 16.6. The average molecular weight is 330 g/mol. The maximum atomic E-state index is 5.96. The van der Waals surface area contributed by atoms with Gasteiger partial charge in [-0.2, -0.15) is 0 Å². The van der Waals surface area contributed by atoms with Crippen LogP contribution in [-0.2, 0) is 23.7 Å². The molecule has 23 heavy (non-hydrogen) atoms. The number of epoxide rings is 2. The van der Waals surface area contributed by atoms with Gasteiger partial charge in [0.25, 0.3) is 0 Å². The Morgan fingerprint density at radius 2 is 1.39 bits per heavy atom. The van der Waals surface area contributed by atoms with E-state index in [9.17, 15) is 0 Å². The molecule has 0 aromatic heterocycles. The smallest absolute Gasteiger partial charge is 0.104 e. The van der Waals surface area contributed by atoms with Gasteiger partial charge in [0.1, 0.15) is 12.2 Å². The minimum atomic E-state index is -0.0610. The molecule has 2 fully saturated rings. The first-order chi connectivity index (χ1) is 11.3. The van der Waals surface area contributed by atoms with Crippen molar-refractivity contribution in [1.29, 1.82) is 0 Å². The fourth-order valence-corrected chi connectivity index (χ4v) is 2.49. The fraction of sp³-hybridized carbons (Fsp3) is 1.00. The summed E-state index contributed by atoms with van der Waals surface area (Å²) in [6.45, 7) is 10.3. The van der Waals surface area contributed by atoms with Crippen molar-refractivity contribution in [2.45, 2.75) is 58.2 Å². The molecule has 0 amide bonds. The van der Waals surface area contributed by atoms with E-state index in [4.69, 9.17) is 23.7 Å². The van der Waals surface area contributed by atoms with E-state index in [1.165, 1.54) is 19.3 Å². The van der Waals surface area contributed by atoms with Gasteiger partial charge in [-0.15, -0.1) is 0 Å². The molecule has 0 aromatic carbocycles. The molecule has 0 aliphatic carbocycles. The van der Waals surface area contributed by atoms with Gasteiger partial charge in [0.05, 0.1) is 46.2 Å². The van der Waals surface area contributed by atoms with Gasteiger partial charge in [-0.1, -0.05) is 33.1 Å².